The Hall–Kier alpha value is -1.75. The van der Waals surface area contributed by atoms with E-state index in [1.54, 1.807) is 0 Å². The van der Waals surface area contributed by atoms with Crippen molar-refractivity contribution in [2.45, 2.75) is 31.7 Å². The summed E-state index contributed by atoms with van der Waals surface area (Å²) in [4.78, 5) is 17.4. The Balaban J connectivity index is 0.00000140. The van der Waals surface area contributed by atoms with Gasteiger partial charge in [-0.1, -0.05) is 43.3 Å². The molecule has 1 amide bonds. The van der Waals surface area contributed by atoms with Gasteiger partial charge in [0.25, 0.3) is 0 Å². The molecule has 4 nitrogen and oxygen atoms in total. The Kier molecular flexibility index (Phi) is 7.38. The second-order valence-corrected chi connectivity index (χ2v) is 7.58. The van der Waals surface area contributed by atoms with Gasteiger partial charge >= 0.3 is 0 Å². The zero-order chi connectivity index (χ0) is 18.1. The van der Waals surface area contributed by atoms with Gasteiger partial charge in [0.1, 0.15) is 5.54 Å². The van der Waals surface area contributed by atoms with Crippen molar-refractivity contribution in [1.82, 2.24) is 4.90 Å². The molecular weight excluding hydrogens is 393 g/mol. The first-order valence-corrected chi connectivity index (χ1v) is 9.58. The second kappa shape index (κ2) is 9.17. The summed E-state index contributed by atoms with van der Waals surface area (Å²) in [6.45, 7) is 5.37. The quantitative estimate of drug-likeness (QED) is 0.827. The van der Waals surface area contributed by atoms with Gasteiger partial charge in [-0.05, 0) is 48.1 Å². The average molecular weight is 422 g/mol. The minimum Gasteiger partial charge on any atom is -0.368 e. The van der Waals surface area contributed by atoms with E-state index in [0.717, 1.165) is 32.6 Å². The van der Waals surface area contributed by atoms with Crippen LogP contribution in [0.25, 0.3) is 0 Å². The number of nitrogens with two attached hydrogens (primary N) is 1. The van der Waals surface area contributed by atoms with Gasteiger partial charge in [-0.2, -0.15) is 0 Å². The van der Waals surface area contributed by atoms with Gasteiger partial charge in [-0.25, -0.2) is 0 Å². The molecule has 28 heavy (non-hydrogen) atoms. The zero-order valence-corrected chi connectivity index (χ0v) is 17.9. The summed E-state index contributed by atoms with van der Waals surface area (Å²) in [5.41, 5.74) is 10.8. The smallest absolute Gasteiger partial charge is 0.243 e. The van der Waals surface area contributed by atoms with Gasteiger partial charge in [0.15, 0.2) is 0 Å². The Morgan fingerprint density at radius 1 is 0.929 bits per heavy atom. The van der Waals surface area contributed by atoms with Crippen LogP contribution in [-0.2, 0) is 24.1 Å². The van der Waals surface area contributed by atoms with E-state index in [1.807, 2.05) is 17.0 Å². The van der Waals surface area contributed by atoms with Gasteiger partial charge in [0.2, 0.25) is 5.91 Å². The first kappa shape index (κ1) is 22.5. The van der Waals surface area contributed by atoms with E-state index >= 15 is 0 Å². The highest BCUT2D eigenvalue weighted by Gasteiger charge is 2.43. The topological polar surface area (TPSA) is 49.6 Å². The molecule has 0 saturated carbocycles. The van der Waals surface area contributed by atoms with Gasteiger partial charge in [0, 0.05) is 31.9 Å². The molecule has 2 aliphatic rings. The summed E-state index contributed by atoms with van der Waals surface area (Å²) < 4.78 is 0. The maximum atomic E-state index is 13.1. The van der Waals surface area contributed by atoms with Crippen LogP contribution in [0, 0.1) is 0 Å². The number of fused-ring (bicyclic) bond motifs is 1. The average Bonchev–Trinajstić information content (AvgIpc) is 3.05. The van der Waals surface area contributed by atoms with Crippen molar-refractivity contribution >= 4 is 36.4 Å². The molecule has 1 fully saturated rings. The van der Waals surface area contributed by atoms with E-state index in [4.69, 9.17) is 5.73 Å². The lowest BCUT2D eigenvalue weighted by Gasteiger charge is -2.39. The van der Waals surface area contributed by atoms with Crippen LogP contribution < -0.4 is 10.6 Å². The highest BCUT2D eigenvalue weighted by atomic mass is 35.5. The molecule has 2 N–H and O–H groups in total. The molecule has 0 unspecified atom stereocenters. The highest BCUT2D eigenvalue weighted by Crippen LogP contribution is 2.30. The standard InChI is InChI=1S/C22H27N3O.2ClH/c1-2-17-7-9-20(10-8-17)24-11-13-25(14-12-24)21(26)22(23)15-18-5-3-4-6-19(18)16-22;;/h3-10H,2,11-16,23H2,1H3;2*1H. The fourth-order valence-corrected chi connectivity index (χ4v) is 4.22. The van der Waals surface area contributed by atoms with Gasteiger partial charge in [-0.3, -0.25) is 4.79 Å². The van der Waals surface area contributed by atoms with Crippen molar-refractivity contribution in [2.75, 3.05) is 31.1 Å². The molecular formula is C22H29Cl2N3O. The van der Waals surface area contributed by atoms with Crippen LogP contribution in [0.5, 0.6) is 0 Å². The third-order valence-corrected chi connectivity index (χ3v) is 5.83. The monoisotopic (exact) mass is 421 g/mol. The molecule has 4 rings (SSSR count). The lowest BCUT2D eigenvalue weighted by atomic mass is 9.94. The molecule has 2 aromatic carbocycles. The van der Waals surface area contributed by atoms with Crippen LogP contribution in [0.15, 0.2) is 48.5 Å². The van der Waals surface area contributed by atoms with Crippen molar-refractivity contribution in [3.05, 3.63) is 65.2 Å². The van der Waals surface area contributed by atoms with Crippen molar-refractivity contribution < 1.29 is 4.79 Å². The molecule has 1 heterocycles. The lowest BCUT2D eigenvalue weighted by Crippen LogP contribution is -2.60. The molecule has 0 radical (unpaired) electrons. The van der Waals surface area contributed by atoms with Crippen molar-refractivity contribution in [3.8, 4) is 0 Å². The molecule has 152 valence electrons. The second-order valence-electron chi connectivity index (χ2n) is 7.58. The number of halogens is 2. The predicted molar refractivity (Wildman–Crippen MR) is 120 cm³/mol. The summed E-state index contributed by atoms with van der Waals surface area (Å²) in [5.74, 6) is 0.106. The number of nitrogens with zero attached hydrogens (tertiary/aromatic N) is 2. The molecule has 0 spiro atoms. The Morgan fingerprint density at radius 3 is 1.96 bits per heavy atom. The van der Waals surface area contributed by atoms with Crippen molar-refractivity contribution in [3.63, 3.8) is 0 Å². The van der Waals surface area contributed by atoms with Gasteiger partial charge in [-0.15, -0.1) is 24.8 Å². The highest BCUT2D eigenvalue weighted by molar-refractivity contribution is 5.88. The summed E-state index contributed by atoms with van der Waals surface area (Å²) in [6, 6.07) is 17.0. The third kappa shape index (κ3) is 4.29. The fraction of sp³-hybridized carbons (Fsp3) is 0.409. The Labute approximate surface area is 179 Å². The largest absolute Gasteiger partial charge is 0.368 e. The number of hydrogen-bond acceptors (Lipinski definition) is 3. The molecule has 6 heteroatoms. The number of hydrogen-bond donors (Lipinski definition) is 1. The third-order valence-electron chi connectivity index (χ3n) is 5.83. The molecule has 1 aliphatic carbocycles. The van der Waals surface area contributed by atoms with Crippen molar-refractivity contribution in [2.24, 2.45) is 5.73 Å². The number of piperazine rings is 1. The minimum atomic E-state index is -0.769. The summed E-state index contributed by atoms with van der Waals surface area (Å²) in [6.07, 6.45) is 2.37. The molecule has 0 bridgehead atoms. The van der Waals surface area contributed by atoms with Crippen LogP contribution >= 0.6 is 24.8 Å². The van der Waals surface area contributed by atoms with Crippen LogP contribution in [-0.4, -0.2) is 42.5 Å². The SMILES string of the molecule is CCc1ccc(N2CCN(C(=O)C3(N)Cc4ccccc4C3)CC2)cc1.Cl.Cl. The van der Waals surface area contributed by atoms with E-state index < -0.39 is 5.54 Å². The minimum absolute atomic E-state index is 0. The van der Waals surface area contributed by atoms with Crippen LogP contribution in [0.4, 0.5) is 5.69 Å². The van der Waals surface area contributed by atoms with E-state index in [2.05, 4.69) is 48.2 Å². The summed E-state index contributed by atoms with van der Waals surface area (Å²) in [7, 11) is 0. The molecule has 2 aromatic rings. The Bertz CT molecular complexity index is 777. The lowest BCUT2D eigenvalue weighted by molar-refractivity contribution is -0.137. The van der Waals surface area contributed by atoms with Crippen LogP contribution in [0.3, 0.4) is 0 Å². The number of anilines is 1. The van der Waals surface area contributed by atoms with Gasteiger partial charge in [0.05, 0.1) is 0 Å². The molecule has 0 aromatic heterocycles. The number of carbonyl (C=O) groups is 1. The zero-order valence-electron chi connectivity index (χ0n) is 16.3. The van der Waals surface area contributed by atoms with E-state index in [1.165, 1.54) is 22.4 Å². The predicted octanol–water partition coefficient (Wildman–Crippen LogP) is 3.24. The molecule has 1 aliphatic heterocycles. The summed E-state index contributed by atoms with van der Waals surface area (Å²) in [5, 5.41) is 0. The van der Waals surface area contributed by atoms with Gasteiger partial charge < -0.3 is 15.5 Å². The van der Waals surface area contributed by atoms with E-state index in [9.17, 15) is 4.79 Å². The number of carbonyl (C=O) groups excluding carboxylic acids is 1. The Morgan fingerprint density at radius 2 is 1.46 bits per heavy atom. The molecule has 1 saturated heterocycles. The summed E-state index contributed by atoms with van der Waals surface area (Å²) >= 11 is 0. The maximum absolute atomic E-state index is 13.1. The van der Waals surface area contributed by atoms with E-state index in [0.29, 0.717) is 12.8 Å². The normalized spacial score (nSPS) is 17.4. The fourth-order valence-electron chi connectivity index (χ4n) is 4.22. The van der Waals surface area contributed by atoms with Crippen LogP contribution in [0.2, 0.25) is 0 Å². The molecule has 0 atom stereocenters. The number of benzene rings is 2. The van der Waals surface area contributed by atoms with Crippen molar-refractivity contribution in [1.29, 1.82) is 0 Å². The number of rotatable bonds is 3. The first-order chi connectivity index (χ1) is 12.6. The number of aryl methyl sites for hydroxylation is 1. The number of amides is 1. The van der Waals surface area contributed by atoms with E-state index in [-0.39, 0.29) is 30.7 Å². The van der Waals surface area contributed by atoms with Crippen LogP contribution in [0.1, 0.15) is 23.6 Å². The maximum Gasteiger partial charge on any atom is 0.243 e. The first-order valence-electron chi connectivity index (χ1n) is 9.58.